The van der Waals surface area contributed by atoms with Gasteiger partial charge in [-0.25, -0.2) is 0 Å². The van der Waals surface area contributed by atoms with Crippen LogP contribution in [0.2, 0.25) is 19.6 Å². The van der Waals surface area contributed by atoms with Gasteiger partial charge in [-0.3, -0.25) is 4.98 Å². The first kappa shape index (κ1) is 47.4. The molecule has 69 heavy (non-hydrogen) atoms. The summed E-state index contributed by atoms with van der Waals surface area (Å²) < 4.78 is 4.74. The molecule has 3 heterocycles. The summed E-state index contributed by atoms with van der Waals surface area (Å²) in [7, 11) is -1.34. The maximum absolute atomic E-state index is 5.44. The Morgan fingerprint density at radius 1 is 0.609 bits per heavy atom. The first-order valence-electron chi connectivity index (χ1n) is 23.9. The van der Waals surface area contributed by atoms with Crippen molar-refractivity contribution in [2.45, 2.75) is 66.1 Å². The summed E-state index contributed by atoms with van der Waals surface area (Å²) >= 11 is 0. The third kappa shape index (κ3) is 9.42. The van der Waals surface area contributed by atoms with Crippen LogP contribution < -0.4 is 5.19 Å². The Balaban J connectivity index is 0.000000238. The van der Waals surface area contributed by atoms with Crippen molar-refractivity contribution < 1.29 is 20.1 Å². The third-order valence-electron chi connectivity index (χ3n) is 12.9. The average molecular weight is 1090 g/mol. The molecule has 8 aromatic carbocycles. The molecule has 0 fully saturated rings. The molecule has 0 bridgehead atoms. The fourth-order valence-electron chi connectivity index (χ4n) is 9.79. The number of rotatable bonds is 8. The molecule has 4 nitrogen and oxygen atoms in total. The van der Waals surface area contributed by atoms with E-state index in [0.29, 0.717) is 5.92 Å². The van der Waals surface area contributed by atoms with Crippen LogP contribution in [0.25, 0.3) is 88.8 Å². The predicted octanol–water partition coefficient (Wildman–Crippen LogP) is 16.0. The van der Waals surface area contributed by atoms with E-state index < -0.39 is 8.07 Å². The average Bonchev–Trinajstić information content (AvgIpc) is 3.88. The molecular formula is C63H58IrN4Si-2. The first-order valence-corrected chi connectivity index (χ1v) is 27.4. The van der Waals surface area contributed by atoms with Gasteiger partial charge in [-0.15, -0.1) is 59.7 Å². The predicted molar refractivity (Wildman–Crippen MR) is 291 cm³/mol. The van der Waals surface area contributed by atoms with Crippen molar-refractivity contribution in [3.63, 3.8) is 0 Å². The van der Waals surface area contributed by atoms with E-state index in [-0.39, 0.29) is 25.5 Å². The SMILES string of the molecule is CC(C)(C)c1cccc(-c2ccccc2)c1-n1c(-c2[c-]cc3c(c2)c2ccccc2n3-c2ccccc2)nc2cc3ccccc3cc21.CC(C)Cc1cc(-c2[c-]cccc2)ncc1[Si](C)(C)C.[Ir]. The second-order valence-corrected chi connectivity index (χ2v) is 25.5. The van der Waals surface area contributed by atoms with Crippen LogP contribution in [-0.2, 0) is 31.9 Å². The molecule has 0 saturated heterocycles. The van der Waals surface area contributed by atoms with Gasteiger partial charge in [-0.1, -0.05) is 180 Å². The minimum Gasteiger partial charge on any atom is -0.351 e. The van der Waals surface area contributed by atoms with Crippen LogP contribution in [-0.4, -0.2) is 27.2 Å². The number of fused-ring (bicyclic) bond motifs is 5. The van der Waals surface area contributed by atoms with Crippen LogP contribution in [0.1, 0.15) is 45.7 Å². The molecule has 0 spiro atoms. The van der Waals surface area contributed by atoms with Crippen LogP contribution in [0.15, 0.2) is 188 Å². The molecule has 345 valence electrons. The van der Waals surface area contributed by atoms with Crippen LogP contribution >= 0.6 is 0 Å². The Morgan fingerprint density at radius 2 is 1.29 bits per heavy atom. The molecule has 0 aliphatic carbocycles. The van der Waals surface area contributed by atoms with Crippen LogP contribution in [0.5, 0.6) is 0 Å². The molecular weight excluding hydrogens is 1030 g/mol. The second-order valence-electron chi connectivity index (χ2n) is 20.5. The molecule has 0 aliphatic heterocycles. The Kier molecular flexibility index (Phi) is 13.3. The summed E-state index contributed by atoms with van der Waals surface area (Å²) in [4.78, 5) is 10.1. The summed E-state index contributed by atoms with van der Waals surface area (Å²) in [5, 5.41) is 6.25. The zero-order chi connectivity index (χ0) is 47.2. The van der Waals surface area contributed by atoms with Gasteiger partial charge < -0.3 is 14.1 Å². The molecule has 0 atom stereocenters. The van der Waals surface area contributed by atoms with E-state index in [0.717, 1.165) is 57.0 Å². The van der Waals surface area contributed by atoms with E-state index in [4.69, 9.17) is 4.98 Å². The molecule has 11 rings (SSSR count). The van der Waals surface area contributed by atoms with Gasteiger partial charge >= 0.3 is 0 Å². The Bertz CT molecular complexity index is 3580. The molecule has 0 saturated carbocycles. The number of benzene rings is 8. The Morgan fingerprint density at radius 3 is 1.99 bits per heavy atom. The maximum atomic E-state index is 5.44. The summed E-state index contributed by atoms with van der Waals surface area (Å²) in [6, 6.07) is 71.6. The van der Waals surface area contributed by atoms with E-state index in [9.17, 15) is 0 Å². The first-order chi connectivity index (χ1) is 32.8. The Hall–Kier alpha value is -6.69. The van der Waals surface area contributed by atoms with Crippen molar-refractivity contribution in [2.24, 2.45) is 5.92 Å². The molecule has 6 heteroatoms. The van der Waals surface area contributed by atoms with E-state index in [1.54, 1.807) is 0 Å². The third-order valence-corrected chi connectivity index (χ3v) is 15.0. The van der Waals surface area contributed by atoms with E-state index in [1.165, 1.54) is 54.5 Å². The number of nitrogens with zero attached hydrogens (tertiary/aromatic N) is 4. The van der Waals surface area contributed by atoms with Gasteiger partial charge in [-0.05, 0) is 91.8 Å². The van der Waals surface area contributed by atoms with Crippen molar-refractivity contribution >= 4 is 56.9 Å². The number of hydrogen-bond donors (Lipinski definition) is 0. The standard InChI is InChI=1S/C45H34N3.C18H24NSi.Ir/c1-45(2,3)38-23-14-22-35(30-15-6-4-7-16-30)43(38)48-42-29-32-18-11-10-17-31(32)28-39(42)46-44(48)33-25-26-41-37(27-33)36-21-12-13-24-40(36)47(41)34-19-8-5-9-20-34;1-14(2)11-16-12-17(15-9-7-6-8-10-15)19-13-18(16)20(3,4)5;/h4-24,26-29H,1-3H3;6-9,12-14H,11H2,1-5H3;/q2*-1;. The monoisotopic (exact) mass is 1090 g/mol. The van der Waals surface area contributed by atoms with E-state index in [1.807, 2.05) is 18.2 Å². The topological polar surface area (TPSA) is 35.6 Å². The summed E-state index contributed by atoms with van der Waals surface area (Å²) in [5.41, 5.74) is 14.7. The van der Waals surface area contributed by atoms with Gasteiger partial charge in [0.2, 0.25) is 0 Å². The molecule has 0 unspecified atom stereocenters. The number of imidazole rings is 1. The molecule has 0 aliphatic rings. The van der Waals surface area contributed by atoms with Crippen molar-refractivity contribution in [2.75, 3.05) is 0 Å². The summed E-state index contributed by atoms with van der Waals surface area (Å²) in [6.45, 7) is 18.6. The molecule has 0 amide bonds. The quantitative estimate of drug-likeness (QED) is 0.112. The van der Waals surface area contributed by atoms with Gasteiger partial charge in [0.25, 0.3) is 0 Å². The van der Waals surface area contributed by atoms with Crippen LogP contribution in [0.4, 0.5) is 0 Å². The largest absolute Gasteiger partial charge is 0.351 e. The van der Waals surface area contributed by atoms with E-state index >= 15 is 0 Å². The summed E-state index contributed by atoms with van der Waals surface area (Å²) in [5.74, 6) is 1.55. The minimum absolute atomic E-state index is 0. The van der Waals surface area contributed by atoms with Crippen molar-refractivity contribution in [3.8, 4) is 45.1 Å². The van der Waals surface area contributed by atoms with Crippen LogP contribution in [0, 0.1) is 18.1 Å². The van der Waals surface area contributed by atoms with Gasteiger partial charge in [0, 0.05) is 43.1 Å². The normalized spacial score (nSPS) is 11.8. The second kappa shape index (κ2) is 19.4. The zero-order valence-electron chi connectivity index (χ0n) is 40.8. The Labute approximate surface area is 422 Å². The van der Waals surface area contributed by atoms with Gasteiger partial charge in [0.1, 0.15) is 0 Å². The maximum Gasteiger partial charge on any atom is 0.0798 e. The zero-order valence-corrected chi connectivity index (χ0v) is 44.2. The minimum atomic E-state index is -1.34. The summed E-state index contributed by atoms with van der Waals surface area (Å²) in [6.07, 6.45) is 3.24. The fraction of sp³-hybridized carbons (Fsp3) is 0.175. The smallest absolute Gasteiger partial charge is 0.0798 e. The van der Waals surface area contributed by atoms with Crippen molar-refractivity contribution in [1.29, 1.82) is 0 Å². The number of hydrogen-bond acceptors (Lipinski definition) is 2. The number of pyridine rings is 1. The van der Waals surface area contributed by atoms with Gasteiger partial charge in [-0.2, -0.15) is 0 Å². The number of para-hydroxylation sites is 3. The van der Waals surface area contributed by atoms with E-state index in [2.05, 4.69) is 250 Å². The molecule has 1 radical (unpaired) electrons. The van der Waals surface area contributed by atoms with Crippen molar-refractivity contribution in [3.05, 3.63) is 211 Å². The van der Waals surface area contributed by atoms with Crippen LogP contribution in [0.3, 0.4) is 0 Å². The molecule has 0 N–H and O–H groups in total. The number of aromatic nitrogens is 4. The van der Waals surface area contributed by atoms with Crippen molar-refractivity contribution in [1.82, 2.24) is 19.1 Å². The van der Waals surface area contributed by atoms with Gasteiger partial charge in [0.05, 0.1) is 30.6 Å². The molecule has 11 aromatic rings. The fourth-order valence-corrected chi connectivity index (χ4v) is 11.4. The van der Waals surface area contributed by atoms with Gasteiger partial charge in [0.15, 0.2) is 0 Å². The molecule has 3 aromatic heterocycles.